The quantitative estimate of drug-likeness (QED) is 0.172. The number of nitro groups is 1. The van der Waals surface area contributed by atoms with Crippen molar-refractivity contribution in [3.63, 3.8) is 0 Å². The Labute approximate surface area is 159 Å². The molecule has 2 aromatic rings. The van der Waals surface area contributed by atoms with Crippen molar-refractivity contribution in [2.24, 2.45) is 0 Å². The molecule has 3 rings (SSSR count). The highest BCUT2D eigenvalue weighted by atomic mass is 32.2. The van der Waals surface area contributed by atoms with E-state index in [1.165, 1.54) is 28.8 Å². The number of imide groups is 1. The van der Waals surface area contributed by atoms with E-state index in [-0.39, 0.29) is 23.1 Å². The Kier molecular flexibility index (Phi) is 5.66. The van der Waals surface area contributed by atoms with E-state index in [4.69, 9.17) is 0 Å². The third-order valence-corrected chi connectivity index (χ3v) is 5.42. The summed E-state index contributed by atoms with van der Waals surface area (Å²) in [5, 5.41) is 10.8. The first-order valence-corrected chi connectivity index (χ1v) is 9.33. The van der Waals surface area contributed by atoms with Gasteiger partial charge < -0.3 is 0 Å². The second-order valence-corrected chi connectivity index (χ2v) is 7.10. The Bertz CT molecular complexity index is 893. The van der Waals surface area contributed by atoms with Gasteiger partial charge in [-0.1, -0.05) is 12.1 Å². The smallest absolute Gasteiger partial charge is 0.270 e. The normalized spacial score (nSPS) is 13.0. The molecule has 0 fully saturated rings. The third kappa shape index (κ3) is 3.90. The SMILES string of the molecule is O=Cc1cc([N+](=O)[O-])ccc1SCCCCN1C(=O)c2ccccc2C1=O. The van der Waals surface area contributed by atoms with Crippen LogP contribution < -0.4 is 0 Å². The predicted molar refractivity (Wildman–Crippen MR) is 100 cm³/mol. The highest BCUT2D eigenvalue weighted by Gasteiger charge is 2.34. The van der Waals surface area contributed by atoms with Crippen LogP contribution in [0, 0.1) is 10.1 Å². The zero-order valence-electron chi connectivity index (χ0n) is 14.3. The van der Waals surface area contributed by atoms with Crippen LogP contribution >= 0.6 is 11.8 Å². The number of unbranched alkanes of at least 4 members (excludes halogenated alkanes) is 1. The fraction of sp³-hybridized carbons (Fsp3) is 0.211. The summed E-state index contributed by atoms with van der Waals surface area (Å²) in [7, 11) is 0. The number of fused-ring (bicyclic) bond motifs is 1. The maximum atomic E-state index is 12.3. The van der Waals surface area contributed by atoms with Crippen LogP contribution in [0.4, 0.5) is 5.69 Å². The molecule has 2 aromatic carbocycles. The number of non-ortho nitro benzene ring substituents is 1. The first kappa shape index (κ1) is 18.8. The van der Waals surface area contributed by atoms with Crippen LogP contribution in [-0.4, -0.2) is 40.2 Å². The Morgan fingerprint density at radius 3 is 2.30 bits per heavy atom. The third-order valence-electron chi connectivity index (χ3n) is 4.24. The molecule has 138 valence electrons. The molecule has 0 saturated carbocycles. The van der Waals surface area contributed by atoms with Crippen molar-refractivity contribution in [3.8, 4) is 0 Å². The molecule has 2 amide bonds. The topological polar surface area (TPSA) is 97.6 Å². The van der Waals surface area contributed by atoms with E-state index in [1.54, 1.807) is 30.3 Å². The molecular formula is C19H16N2O5S. The number of benzene rings is 2. The second kappa shape index (κ2) is 8.13. The van der Waals surface area contributed by atoms with Gasteiger partial charge in [0, 0.05) is 29.1 Å². The lowest BCUT2D eigenvalue weighted by atomic mass is 10.1. The molecule has 0 unspecified atom stereocenters. The number of carbonyl (C=O) groups excluding carboxylic acids is 3. The van der Waals surface area contributed by atoms with E-state index >= 15 is 0 Å². The number of carbonyl (C=O) groups is 3. The second-order valence-electron chi connectivity index (χ2n) is 5.96. The number of aldehydes is 1. The minimum atomic E-state index is -0.538. The molecule has 0 radical (unpaired) electrons. The molecule has 8 heteroatoms. The molecular weight excluding hydrogens is 368 g/mol. The summed E-state index contributed by atoms with van der Waals surface area (Å²) in [6, 6.07) is 11.0. The molecule has 1 heterocycles. The monoisotopic (exact) mass is 384 g/mol. The molecule has 0 aromatic heterocycles. The van der Waals surface area contributed by atoms with E-state index in [2.05, 4.69) is 0 Å². The van der Waals surface area contributed by atoms with Crippen LogP contribution in [0.5, 0.6) is 0 Å². The van der Waals surface area contributed by atoms with Crippen molar-refractivity contribution in [1.82, 2.24) is 4.90 Å². The lowest BCUT2D eigenvalue weighted by molar-refractivity contribution is -0.384. The van der Waals surface area contributed by atoms with Gasteiger partial charge in [-0.25, -0.2) is 0 Å². The molecule has 0 saturated heterocycles. The van der Waals surface area contributed by atoms with Gasteiger partial charge in [0.1, 0.15) is 0 Å². The minimum absolute atomic E-state index is 0.118. The largest absolute Gasteiger partial charge is 0.298 e. The summed E-state index contributed by atoms with van der Waals surface area (Å²) in [6.07, 6.45) is 1.98. The summed E-state index contributed by atoms with van der Waals surface area (Å²) >= 11 is 1.42. The Morgan fingerprint density at radius 2 is 1.70 bits per heavy atom. The summed E-state index contributed by atoms with van der Waals surface area (Å²) < 4.78 is 0. The minimum Gasteiger partial charge on any atom is -0.298 e. The van der Waals surface area contributed by atoms with Crippen LogP contribution in [0.15, 0.2) is 47.4 Å². The van der Waals surface area contributed by atoms with E-state index in [0.717, 1.165) is 6.42 Å². The zero-order chi connectivity index (χ0) is 19.4. The predicted octanol–water partition coefficient (Wildman–Crippen LogP) is 3.58. The van der Waals surface area contributed by atoms with Crippen molar-refractivity contribution < 1.29 is 19.3 Å². The molecule has 0 spiro atoms. The number of hydrogen-bond acceptors (Lipinski definition) is 6. The standard InChI is InChI=1S/C19H16N2O5S/c22-12-13-11-14(21(25)26)7-8-17(13)27-10-4-3-9-20-18(23)15-5-1-2-6-16(15)19(20)24/h1-2,5-8,11-12H,3-4,9-10H2. The van der Waals surface area contributed by atoms with Crippen molar-refractivity contribution in [2.75, 3.05) is 12.3 Å². The van der Waals surface area contributed by atoms with Gasteiger partial charge in [0.15, 0.2) is 6.29 Å². The zero-order valence-corrected chi connectivity index (χ0v) is 15.1. The highest BCUT2D eigenvalue weighted by Crippen LogP contribution is 2.27. The number of amides is 2. The maximum Gasteiger partial charge on any atom is 0.270 e. The number of thioether (sulfide) groups is 1. The van der Waals surface area contributed by atoms with Crippen molar-refractivity contribution in [1.29, 1.82) is 0 Å². The summed E-state index contributed by atoms with van der Waals surface area (Å²) in [6.45, 7) is 0.341. The molecule has 1 aliphatic heterocycles. The molecule has 0 N–H and O–H groups in total. The van der Waals surface area contributed by atoms with Gasteiger partial charge in [-0.15, -0.1) is 11.8 Å². The van der Waals surface area contributed by atoms with Crippen LogP contribution in [0.1, 0.15) is 43.9 Å². The van der Waals surface area contributed by atoms with Crippen molar-refractivity contribution in [3.05, 3.63) is 69.3 Å². The molecule has 7 nitrogen and oxygen atoms in total. The number of nitrogens with zero attached hydrogens (tertiary/aromatic N) is 2. The van der Waals surface area contributed by atoms with Gasteiger partial charge in [-0.2, -0.15) is 0 Å². The first-order chi connectivity index (χ1) is 13.0. The van der Waals surface area contributed by atoms with Crippen LogP contribution in [0.25, 0.3) is 0 Å². The fourth-order valence-electron chi connectivity index (χ4n) is 2.87. The molecule has 0 aliphatic carbocycles. The van der Waals surface area contributed by atoms with Gasteiger partial charge in [0.05, 0.1) is 16.1 Å². The summed E-state index contributed by atoms with van der Waals surface area (Å²) in [5.74, 6) is 0.144. The number of rotatable bonds is 8. The molecule has 0 atom stereocenters. The van der Waals surface area contributed by atoms with Crippen LogP contribution in [-0.2, 0) is 0 Å². The average Bonchev–Trinajstić information content (AvgIpc) is 2.92. The van der Waals surface area contributed by atoms with E-state index in [9.17, 15) is 24.5 Å². The Balaban J connectivity index is 1.51. The van der Waals surface area contributed by atoms with E-state index in [1.807, 2.05) is 0 Å². The number of hydrogen-bond donors (Lipinski definition) is 0. The summed E-state index contributed by atoms with van der Waals surface area (Å²) in [5.41, 5.74) is 1.05. The van der Waals surface area contributed by atoms with Gasteiger partial charge in [-0.3, -0.25) is 29.4 Å². The maximum absolute atomic E-state index is 12.3. The first-order valence-electron chi connectivity index (χ1n) is 8.34. The van der Waals surface area contributed by atoms with E-state index in [0.29, 0.717) is 41.0 Å². The van der Waals surface area contributed by atoms with Gasteiger partial charge in [-0.05, 0) is 36.8 Å². The molecule has 0 bridgehead atoms. The fourth-order valence-corrected chi connectivity index (χ4v) is 3.88. The van der Waals surface area contributed by atoms with Crippen LogP contribution in [0.2, 0.25) is 0 Å². The molecule has 27 heavy (non-hydrogen) atoms. The van der Waals surface area contributed by atoms with Crippen LogP contribution in [0.3, 0.4) is 0 Å². The average molecular weight is 384 g/mol. The Hall–Kier alpha value is -3.00. The lowest BCUT2D eigenvalue weighted by Crippen LogP contribution is -2.30. The van der Waals surface area contributed by atoms with Crippen molar-refractivity contribution in [2.45, 2.75) is 17.7 Å². The summed E-state index contributed by atoms with van der Waals surface area (Å²) in [4.78, 5) is 47.8. The number of nitro benzene ring substituents is 1. The van der Waals surface area contributed by atoms with Crippen molar-refractivity contribution >= 4 is 35.5 Å². The van der Waals surface area contributed by atoms with Gasteiger partial charge in [0.25, 0.3) is 17.5 Å². The lowest BCUT2D eigenvalue weighted by Gasteiger charge is -2.13. The molecule has 1 aliphatic rings. The van der Waals surface area contributed by atoms with Gasteiger partial charge in [0.2, 0.25) is 0 Å². The van der Waals surface area contributed by atoms with Gasteiger partial charge >= 0.3 is 0 Å². The Morgan fingerprint density at radius 1 is 1.04 bits per heavy atom. The highest BCUT2D eigenvalue weighted by molar-refractivity contribution is 7.99. The van der Waals surface area contributed by atoms with E-state index < -0.39 is 4.92 Å².